The molecule has 0 fully saturated rings. The summed E-state index contributed by atoms with van der Waals surface area (Å²) in [6.45, 7) is 0.318. The number of nitrogens with zero attached hydrogens (tertiary/aromatic N) is 1. The van der Waals surface area contributed by atoms with Gasteiger partial charge in [0.2, 0.25) is 0 Å². The predicted molar refractivity (Wildman–Crippen MR) is 75.2 cm³/mol. The van der Waals surface area contributed by atoms with Gasteiger partial charge >= 0.3 is 12.0 Å². The molecule has 0 bridgehead atoms. The Balaban J connectivity index is 1.97. The molecular formula is C14H13N3O4. The zero-order valence-corrected chi connectivity index (χ0v) is 10.9. The van der Waals surface area contributed by atoms with E-state index in [0.29, 0.717) is 6.54 Å². The second kappa shape index (κ2) is 6.38. The first-order chi connectivity index (χ1) is 10.1. The molecule has 2 aromatic rings. The maximum atomic E-state index is 11.7. The van der Waals surface area contributed by atoms with E-state index < -0.39 is 12.0 Å². The Hall–Kier alpha value is -3.09. The van der Waals surface area contributed by atoms with E-state index in [0.717, 1.165) is 5.56 Å². The number of carboxylic acid groups (broad SMARTS) is 1. The quantitative estimate of drug-likeness (QED) is 0.641. The number of carbonyl (C=O) groups is 2. The highest BCUT2D eigenvalue weighted by Gasteiger charge is 2.11. The summed E-state index contributed by atoms with van der Waals surface area (Å²) in [5, 5.41) is 23.4. The molecule has 0 unspecified atom stereocenters. The van der Waals surface area contributed by atoms with Crippen molar-refractivity contribution in [2.75, 3.05) is 5.32 Å². The first-order valence-corrected chi connectivity index (χ1v) is 6.06. The average molecular weight is 287 g/mol. The lowest BCUT2D eigenvalue weighted by molar-refractivity contribution is 0.0693. The number of hydrogen-bond donors (Lipinski definition) is 4. The number of rotatable bonds is 4. The largest absolute Gasteiger partial charge is 0.507 e. The molecule has 108 valence electrons. The maximum Gasteiger partial charge on any atom is 0.339 e. The van der Waals surface area contributed by atoms with Gasteiger partial charge in [0, 0.05) is 24.6 Å². The van der Waals surface area contributed by atoms with Crippen LogP contribution in [0, 0.1) is 0 Å². The summed E-state index contributed by atoms with van der Waals surface area (Å²) >= 11 is 0. The van der Waals surface area contributed by atoms with Crippen molar-refractivity contribution < 1.29 is 19.8 Å². The summed E-state index contributed by atoms with van der Waals surface area (Å²) < 4.78 is 0. The lowest BCUT2D eigenvalue weighted by atomic mass is 10.2. The normalized spacial score (nSPS) is 9.90. The molecular weight excluding hydrogens is 274 g/mol. The van der Waals surface area contributed by atoms with Crippen molar-refractivity contribution in [2.24, 2.45) is 0 Å². The van der Waals surface area contributed by atoms with Gasteiger partial charge in [0.15, 0.2) is 0 Å². The molecule has 0 atom stereocenters. The average Bonchev–Trinajstić information content (AvgIpc) is 2.48. The summed E-state index contributed by atoms with van der Waals surface area (Å²) in [7, 11) is 0. The molecule has 4 N–H and O–H groups in total. The minimum Gasteiger partial charge on any atom is -0.507 e. The van der Waals surface area contributed by atoms with Crippen LogP contribution in [-0.2, 0) is 6.54 Å². The number of benzene rings is 1. The number of anilines is 1. The van der Waals surface area contributed by atoms with Gasteiger partial charge in [0.25, 0.3) is 0 Å². The fourth-order valence-corrected chi connectivity index (χ4v) is 1.64. The monoisotopic (exact) mass is 287 g/mol. The molecule has 0 aliphatic heterocycles. The Morgan fingerprint density at radius 3 is 2.52 bits per heavy atom. The van der Waals surface area contributed by atoms with E-state index in [1.165, 1.54) is 18.2 Å². The molecule has 7 heteroatoms. The Morgan fingerprint density at radius 2 is 1.86 bits per heavy atom. The number of pyridine rings is 1. The van der Waals surface area contributed by atoms with Gasteiger partial charge in [-0.2, -0.15) is 0 Å². The molecule has 0 saturated heterocycles. The zero-order valence-electron chi connectivity index (χ0n) is 10.9. The van der Waals surface area contributed by atoms with Crippen LogP contribution in [0.5, 0.6) is 5.75 Å². The summed E-state index contributed by atoms with van der Waals surface area (Å²) in [6, 6.07) is 6.86. The highest BCUT2D eigenvalue weighted by Crippen LogP contribution is 2.21. The standard InChI is InChI=1S/C14H13N3O4/c18-12-2-1-10(7-11(12)13(19)20)17-14(21)16-8-9-3-5-15-6-4-9/h1-7,18H,8H2,(H,19,20)(H2,16,17,21). The van der Waals surface area contributed by atoms with Crippen LogP contribution >= 0.6 is 0 Å². The van der Waals surface area contributed by atoms with Crippen LogP contribution in [0.1, 0.15) is 15.9 Å². The third-order valence-corrected chi connectivity index (χ3v) is 2.69. The van der Waals surface area contributed by atoms with Crippen molar-refractivity contribution in [1.82, 2.24) is 10.3 Å². The molecule has 0 radical (unpaired) electrons. The van der Waals surface area contributed by atoms with Gasteiger partial charge in [-0.25, -0.2) is 9.59 Å². The zero-order chi connectivity index (χ0) is 15.2. The molecule has 0 aliphatic rings. The van der Waals surface area contributed by atoms with Crippen molar-refractivity contribution in [3.8, 4) is 5.75 Å². The van der Waals surface area contributed by atoms with Crippen LogP contribution in [0.2, 0.25) is 0 Å². The SMILES string of the molecule is O=C(NCc1ccncc1)Nc1ccc(O)c(C(=O)O)c1. The fraction of sp³-hybridized carbons (Fsp3) is 0.0714. The van der Waals surface area contributed by atoms with Gasteiger partial charge in [0.05, 0.1) is 0 Å². The van der Waals surface area contributed by atoms with Crippen molar-refractivity contribution in [3.63, 3.8) is 0 Å². The second-order valence-corrected chi connectivity index (χ2v) is 4.20. The van der Waals surface area contributed by atoms with Crippen LogP contribution in [0.15, 0.2) is 42.7 Å². The number of aromatic nitrogens is 1. The number of nitrogens with one attached hydrogen (secondary N) is 2. The Morgan fingerprint density at radius 1 is 1.14 bits per heavy atom. The van der Waals surface area contributed by atoms with Crippen molar-refractivity contribution in [3.05, 3.63) is 53.9 Å². The lowest BCUT2D eigenvalue weighted by Gasteiger charge is -2.09. The number of carbonyl (C=O) groups excluding carboxylic acids is 1. The third kappa shape index (κ3) is 3.93. The number of phenols is 1. The smallest absolute Gasteiger partial charge is 0.339 e. The van der Waals surface area contributed by atoms with Gasteiger partial charge < -0.3 is 20.8 Å². The summed E-state index contributed by atoms with van der Waals surface area (Å²) in [4.78, 5) is 26.4. The minimum absolute atomic E-state index is 0.275. The molecule has 21 heavy (non-hydrogen) atoms. The van der Waals surface area contributed by atoms with Gasteiger partial charge in [-0.1, -0.05) is 0 Å². The predicted octanol–water partition coefficient (Wildman–Crippen LogP) is 1.81. The van der Waals surface area contributed by atoms with Gasteiger partial charge in [-0.05, 0) is 35.9 Å². The number of urea groups is 1. The molecule has 0 spiro atoms. The molecule has 2 rings (SSSR count). The molecule has 1 aromatic carbocycles. The molecule has 0 aliphatic carbocycles. The number of carboxylic acids is 1. The van der Waals surface area contributed by atoms with Crippen LogP contribution in [0.3, 0.4) is 0 Å². The molecule has 2 amide bonds. The minimum atomic E-state index is -1.27. The van der Waals surface area contributed by atoms with E-state index in [2.05, 4.69) is 15.6 Å². The first kappa shape index (κ1) is 14.3. The third-order valence-electron chi connectivity index (χ3n) is 2.69. The number of hydrogen-bond acceptors (Lipinski definition) is 4. The topological polar surface area (TPSA) is 112 Å². The first-order valence-electron chi connectivity index (χ1n) is 6.06. The summed E-state index contributed by atoms with van der Waals surface area (Å²) in [6.07, 6.45) is 3.24. The van der Waals surface area contributed by atoms with E-state index in [9.17, 15) is 14.7 Å². The molecule has 7 nitrogen and oxygen atoms in total. The lowest BCUT2D eigenvalue weighted by Crippen LogP contribution is -2.28. The highest BCUT2D eigenvalue weighted by molar-refractivity contribution is 5.95. The van der Waals surface area contributed by atoms with Crippen molar-refractivity contribution >= 4 is 17.7 Å². The van der Waals surface area contributed by atoms with E-state index in [1.54, 1.807) is 24.5 Å². The van der Waals surface area contributed by atoms with Gasteiger partial charge in [0.1, 0.15) is 11.3 Å². The van der Waals surface area contributed by atoms with E-state index in [4.69, 9.17) is 5.11 Å². The Labute approximate surface area is 120 Å². The van der Waals surface area contributed by atoms with Gasteiger partial charge in [-0.3, -0.25) is 4.98 Å². The van der Waals surface area contributed by atoms with Crippen LogP contribution in [-0.4, -0.2) is 27.2 Å². The van der Waals surface area contributed by atoms with Crippen molar-refractivity contribution in [1.29, 1.82) is 0 Å². The molecule has 1 heterocycles. The second-order valence-electron chi connectivity index (χ2n) is 4.20. The summed E-state index contributed by atoms with van der Waals surface area (Å²) in [5.41, 5.74) is 0.886. The fourth-order valence-electron chi connectivity index (χ4n) is 1.64. The molecule has 1 aromatic heterocycles. The highest BCUT2D eigenvalue weighted by atomic mass is 16.4. The maximum absolute atomic E-state index is 11.7. The van der Waals surface area contributed by atoms with Crippen molar-refractivity contribution in [2.45, 2.75) is 6.54 Å². The van der Waals surface area contributed by atoms with Crippen LogP contribution in [0.4, 0.5) is 10.5 Å². The summed E-state index contributed by atoms with van der Waals surface area (Å²) in [5.74, 6) is -1.63. The van der Waals surface area contributed by atoms with Gasteiger partial charge in [-0.15, -0.1) is 0 Å². The number of aromatic carboxylic acids is 1. The number of amides is 2. The number of aromatic hydroxyl groups is 1. The van der Waals surface area contributed by atoms with E-state index >= 15 is 0 Å². The Kier molecular flexibility index (Phi) is 4.35. The van der Waals surface area contributed by atoms with Crippen LogP contribution < -0.4 is 10.6 Å². The Bertz CT molecular complexity index is 659. The van der Waals surface area contributed by atoms with Crippen LogP contribution in [0.25, 0.3) is 0 Å². The molecule has 0 saturated carbocycles. The van der Waals surface area contributed by atoms with E-state index in [-0.39, 0.29) is 17.0 Å². The van der Waals surface area contributed by atoms with E-state index in [1.807, 2.05) is 0 Å².